The van der Waals surface area contributed by atoms with Crippen molar-refractivity contribution in [3.05, 3.63) is 34.9 Å². The Morgan fingerprint density at radius 1 is 1.40 bits per heavy atom. The van der Waals surface area contributed by atoms with Gasteiger partial charge in [-0.2, -0.15) is 0 Å². The van der Waals surface area contributed by atoms with Gasteiger partial charge >= 0.3 is 12.0 Å². The third kappa shape index (κ3) is 3.04. The van der Waals surface area contributed by atoms with E-state index in [2.05, 4.69) is 5.32 Å². The summed E-state index contributed by atoms with van der Waals surface area (Å²) in [6, 6.07) is 5.29. The summed E-state index contributed by atoms with van der Waals surface area (Å²) in [7, 11) is 1.69. The molecule has 0 unspecified atom stereocenters. The van der Waals surface area contributed by atoms with Crippen molar-refractivity contribution in [1.82, 2.24) is 10.2 Å². The lowest BCUT2D eigenvalue weighted by molar-refractivity contribution is -0.139. The summed E-state index contributed by atoms with van der Waals surface area (Å²) in [4.78, 5) is 25.0. The van der Waals surface area contributed by atoms with Gasteiger partial charge in [0.2, 0.25) is 0 Å². The van der Waals surface area contributed by atoms with Crippen LogP contribution in [0.3, 0.4) is 0 Å². The molecule has 1 atom stereocenters. The molecular formula is C14H17ClN2O3. The van der Waals surface area contributed by atoms with E-state index in [1.54, 1.807) is 36.2 Å². The van der Waals surface area contributed by atoms with Crippen molar-refractivity contribution in [3.8, 4) is 0 Å². The normalized spacial score (nSPS) is 16.1. The molecule has 2 amide bonds. The Bertz CT molecular complexity index is 517. The fourth-order valence-electron chi connectivity index (χ4n) is 2.15. The molecule has 108 valence electrons. The van der Waals surface area contributed by atoms with Gasteiger partial charge in [-0.15, -0.1) is 0 Å². The van der Waals surface area contributed by atoms with Crippen molar-refractivity contribution in [3.63, 3.8) is 0 Å². The van der Waals surface area contributed by atoms with Crippen molar-refractivity contribution in [2.45, 2.75) is 31.3 Å². The number of hydrogen-bond acceptors (Lipinski definition) is 2. The lowest BCUT2D eigenvalue weighted by atomic mass is 9.92. The van der Waals surface area contributed by atoms with E-state index in [0.717, 1.165) is 19.3 Å². The molecule has 6 heteroatoms. The van der Waals surface area contributed by atoms with Gasteiger partial charge < -0.3 is 15.3 Å². The highest BCUT2D eigenvalue weighted by Gasteiger charge is 2.30. The van der Waals surface area contributed by atoms with Gasteiger partial charge in [0, 0.05) is 23.7 Å². The van der Waals surface area contributed by atoms with Crippen molar-refractivity contribution in [2.24, 2.45) is 0 Å². The molecule has 5 nitrogen and oxygen atoms in total. The molecule has 1 fully saturated rings. The van der Waals surface area contributed by atoms with Crippen molar-refractivity contribution in [2.75, 3.05) is 7.05 Å². The Labute approximate surface area is 122 Å². The Balaban J connectivity index is 2.12. The Kier molecular flexibility index (Phi) is 4.49. The van der Waals surface area contributed by atoms with Crippen LogP contribution in [0.25, 0.3) is 0 Å². The summed E-state index contributed by atoms with van der Waals surface area (Å²) in [6.45, 7) is 0. The molecule has 1 aromatic carbocycles. The second-order valence-electron chi connectivity index (χ2n) is 4.94. The van der Waals surface area contributed by atoms with Crippen LogP contribution in [0.5, 0.6) is 0 Å². The topological polar surface area (TPSA) is 69.6 Å². The number of amides is 2. The van der Waals surface area contributed by atoms with E-state index >= 15 is 0 Å². The molecular weight excluding hydrogens is 280 g/mol. The van der Waals surface area contributed by atoms with Gasteiger partial charge in [0.25, 0.3) is 0 Å². The van der Waals surface area contributed by atoms with Crippen LogP contribution in [0.15, 0.2) is 24.3 Å². The van der Waals surface area contributed by atoms with E-state index in [1.807, 2.05) is 0 Å². The van der Waals surface area contributed by atoms with E-state index in [0.29, 0.717) is 10.6 Å². The van der Waals surface area contributed by atoms with Gasteiger partial charge in [0.05, 0.1) is 0 Å². The molecule has 2 rings (SSSR count). The number of benzene rings is 1. The minimum absolute atomic E-state index is 0.204. The Hall–Kier alpha value is -1.75. The smallest absolute Gasteiger partial charge is 0.331 e. The van der Waals surface area contributed by atoms with Crippen LogP contribution in [0, 0.1) is 0 Å². The molecule has 0 radical (unpaired) electrons. The van der Waals surface area contributed by atoms with Crippen molar-refractivity contribution >= 4 is 23.6 Å². The number of carboxylic acid groups (broad SMARTS) is 1. The number of nitrogens with zero attached hydrogens (tertiary/aromatic N) is 1. The fourth-order valence-corrected chi connectivity index (χ4v) is 2.39. The van der Waals surface area contributed by atoms with E-state index in [1.165, 1.54) is 0 Å². The maximum Gasteiger partial charge on any atom is 0.331 e. The zero-order valence-corrected chi connectivity index (χ0v) is 11.9. The van der Waals surface area contributed by atoms with Crippen LogP contribution >= 0.6 is 11.6 Å². The number of rotatable bonds is 4. The maximum absolute atomic E-state index is 12.1. The quantitative estimate of drug-likeness (QED) is 0.897. The molecule has 0 aromatic heterocycles. The summed E-state index contributed by atoms with van der Waals surface area (Å²) in [5, 5.41) is 12.2. The molecule has 2 N–H and O–H groups in total. The summed E-state index contributed by atoms with van der Waals surface area (Å²) in [5.41, 5.74) is 0.386. The van der Waals surface area contributed by atoms with Gasteiger partial charge in [-0.05, 0) is 25.3 Å². The van der Waals surface area contributed by atoms with Crippen LogP contribution in [0.4, 0.5) is 4.79 Å². The minimum atomic E-state index is -1.14. The number of nitrogens with one attached hydrogen (secondary N) is 1. The number of carboxylic acids is 1. The van der Waals surface area contributed by atoms with E-state index in [9.17, 15) is 14.7 Å². The van der Waals surface area contributed by atoms with Gasteiger partial charge in [-0.1, -0.05) is 29.8 Å². The average Bonchev–Trinajstić information content (AvgIpc) is 2.34. The molecule has 1 aliphatic carbocycles. The zero-order valence-electron chi connectivity index (χ0n) is 11.2. The maximum atomic E-state index is 12.1. The molecule has 1 aliphatic rings. The number of urea groups is 1. The number of carbonyl (C=O) groups is 2. The van der Waals surface area contributed by atoms with Crippen LogP contribution in [0.1, 0.15) is 30.9 Å². The highest BCUT2D eigenvalue weighted by atomic mass is 35.5. The molecule has 1 saturated carbocycles. The van der Waals surface area contributed by atoms with Crippen LogP contribution in [-0.2, 0) is 4.79 Å². The highest BCUT2D eigenvalue weighted by molar-refractivity contribution is 6.31. The molecule has 0 bridgehead atoms. The zero-order chi connectivity index (χ0) is 14.7. The van der Waals surface area contributed by atoms with Crippen LogP contribution in [0.2, 0.25) is 5.02 Å². The molecule has 0 spiro atoms. The lowest BCUT2D eigenvalue weighted by Gasteiger charge is -2.35. The molecule has 0 saturated heterocycles. The van der Waals surface area contributed by atoms with Crippen molar-refractivity contribution < 1.29 is 14.7 Å². The second-order valence-corrected chi connectivity index (χ2v) is 5.35. The van der Waals surface area contributed by atoms with Crippen molar-refractivity contribution in [1.29, 1.82) is 0 Å². The van der Waals surface area contributed by atoms with Gasteiger partial charge in [0.1, 0.15) is 0 Å². The first-order valence-corrected chi connectivity index (χ1v) is 6.89. The minimum Gasteiger partial charge on any atom is -0.479 e. The van der Waals surface area contributed by atoms with Crippen LogP contribution in [-0.4, -0.2) is 35.1 Å². The largest absolute Gasteiger partial charge is 0.479 e. The Morgan fingerprint density at radius 3 is 2.55 bits per heavy atom. The first-order chi connectivity index (χ1) is 9.50. The van der Waals surface area contributed by atoms with Gasteiger partial charge in [0.15, 0.2) is 6.04 Å². The number of hydrogen-bond donors (Lipinski definition) is 2. The predicted octanol–water partition coefficient (Wildman–Crippen LogP) is 2.66. The molecule has 0 heterocycles. The van der Waals surface area contributed by atoms with Gasteiger partial charge in [-0.3, -0.25) is 0 Å². The third-order valence-corrected chi connectivity index (χ3v) is 4.02. The number of aliphatic carboxylic acids is 1. The summed E-state index contributed by atoms with van der Waals surface area (Å²) < 4.78 is 0. The monoisotopic (exact) mass is 296 g/mol. The average molecular weight is 297 g/mol. The Morgan fingerprint density at radius 2 is 2.05 bits per heavy atom. The molecule has 0 aliphatic heterocycles. The standard InChI is InChI=1S/C14H17ClN2O3/c1-17(9-5-4-6-9)14(20)16-12(13(18)19)10-7-2-3-8-11(10)15/h2-3,7-9,12H,4-6H2,1H3,(H,16,20)(H,18,19)/t12-/m1/s1. The molecule has 1 aromatic rings. The van der Waals surface area contributed by atoms with Crippen LogP contribution < -0.4 is 5.32 Å². The van der Waals surface area contributed by atoms with E-state index in [4.69, 9.17) is 11.6 Å². The van der Waals surface area contributed by atoms with Gasteiger partial charge in [-0.25, -0.2) is 9.59 Å². The lowest BCUT2D eigenvalue weighted by Crippen LogP contribution is -2.48. The molecule has 20 heavy (non-hydrogen) atoms. The highest BCUT2D eigenvalue weighted by Crippen LogP contribution is 2.26. The summed E-state index contributed by atoms with van der Waals surface area (Å²) >= 11 is 6.00. The SMILES string of the molecule is CN(C(=O)N[C@@H](C(=O)O)c1ccccc1Cl)C1CCC1. The van der Waals surface area contributed by atoms with E-state index < -0.39 is 12.0 Å². The summed E-state index contributed by atoms with van der Waals surface area (Å²) in [6.07, 6.45) is 3.04. The predicted molar refractivity (Wildman–Crippen MR) is 75.8 cm³/mol. The summed E-state index contributed by atoms with van der Waals surface area (Å²) in [5.74, 6) is -1.13. The number of carbonyl (C=O) groups excluding carboxylic acids is 1. The number of halogens is 1. The van der Waals surface area contributed by atoms with E-state index in [-0.39, 0.29) is 12.1 Å². The first-order valence-electron chi connectivity index (χ1n) is 6.51. The fraction of sp³-hybridized carbons (Fsp3) is 0.429. The second kappa shape index (κ2) is 6.13. The first kappa shape index (κ1) is 14.7. The third-order valence-electron chi connectivity index (χ3n) is 3.67.